The van der Waals surface area contributed by atoms with Crippen molar-refractivity contribution in [1.29, 1.82) is 0 Å². The fraction of sp³-hybridized carbons (Fsp3) is 0.500. The van der Waals surface area contributed by atoms with Gasteiger partial charge in [0.1, 0.15) is 5.00 Å². The summed E-state index contributed by atoms with van der Waals surface area (Å²) in [6.45, 7) is 6.72. The molecule has 2 aromatic rings. The Kier molecular flexibility index (Phi) is 8.67. The average molecular weight is 493 g/mol. The number of benzene rings is 1. The number of nitrogens with zero attached hydrogens (tertiary/aromatic N) is 1. The van der Waals surface area contributed by atoms with Crippen LogP contribution in [0.15, 0.2) is 29.2 Å². The van der Waals surface area contributed by atoms with Gasteiger partial charge >= 0.3 is 5.97 Å². The number of nitrogens with one attached hydrogen (secondary N) is 1. The Morgan fingerprint density at radius 1 is 1.09 bits per heavy atom. The number of anilines is 1. The van der Waals surface area contributed by atoms with Crippen LogP contribution in [0.25, 0.3) is 0 Å². The van der Waals surface area contributed by atoms with E-state index in [4.69, 9.17) is 4.74 Å². The maximum absolute atomic E-state index is 12.9. The summed E-state index contributed by atoms with van der Waals surface area (Å²) in [6.07, 6.45) is 5.46. The molecule has 0 radical (unpaired) electrons. The van der Waals surface area contributed by atoms with Crippen LogP contribution in [0.2, 0.25) is 0 Å². The van der Waals surface area contributed by atoms with E-state index < -0.39 is 16.0 Å². The highest BCUT2D eigenvalue weighted by Crippen LogP contribution is 2.38. The first-order valence-electron chi connectivity index (χ1n) is 11.6. The van der Waals surface area contributed by atoms with Gasteiger partial charge in [-0.2, -0.15) is 4.31 Å². The summed E-state index contributed by atoms with van der Waals surface area (Å²) in [5.41, 5.74) is 1.76. The topological polar surface area (TPSA) is 92.8 Å². The standard InChI is InChI=1S/C24H32N2O5S2/c1-4-7-16-26(5-2)33(29,30)18-14-12-17(13-15-18)22(27)25-23-21(24(28)31-6-3)19-10-8-9-11-20(19)32-23/h12-15H,4-11,16H2,1-3H3,(H,25,27). The van der Waals surface area contributed by atoms with Crippen LogP contribution in [0.1, 0.15) is 77.6 Å². The van der Waals surface area contributed by atoms with Crippen LogP contribution in [-0.2, 0) is 27.6 Å². The Bertz CT molecular complexity index is 1090. The molecule has 7 nitrogen and oxygen atoms in total. The molecule has 33 heavy (non-hydrogen) atoms. The molecule has 1 aliphatic carbocycles. The Hall–Kier alpha value is -2.23. The largest absolute Gasteiger partial charge is 0.462 e. The first kappa shape index (κ1) is 25.4. The van der Waals surface area contributed by atoms with Crippen LogP contribution in [0.5, 0.6) is 0 Å². The van der Waals surface area contributed by atoms with Gasteiger partial charge in [0.15, 0.2) is 0 Å². The molecule has 0 bridgehead atoms. The maximum atomic E-state index is 12.9. The van der Waals surface area contributed by atoms with Crippen LogP contribution in [-0.4, -0.2) is 44.3 Å². The number of sulfonamides is 1. The zero-order valence-corrected chi connectivity index (χ0v) is 21.1. The molecule has 1 amide bonds. The van der Waals surface area contributed by atoms with Crippen LogP contribution in [0, 0.1) is 0 Å². The third kappa shape index (κ3) is 5.65. The molecule has 1 aliphatic rings. The SMILES string of the molecule is CCCCN(CC)S(=O)(=O)c1ccc(C(=O)Nc2sc3c(c2C(=O)OCC)CCCC3)cc1. The number of fused-ring (bicyclic) bond motifs is 1. The highest BCUT2D eigenvalue weighted by atomic mass is 32.2. The lowest BCUT2D eigenvalue weighted by molar-refractivity contribution is 0.0526. The van der Waals surface area contributed by atoms with Gasteiger partial charge < -0.3 is 10.1 Å². The Morgan fingerprint density at radius 2 is 1.79 bits per heavy atom. The average Bonchev–Trinajstić information content (AvgIpc) is 3.17. The van der Waals surface area contributed by atoms with E-state index in [1.165, 1.54) is 39.9 Å². The van der Waals surface area contributed by atoms with Gasteiger partial charge in [-0.3, -0.25) is 4.79 Å². The second-order valence-corrected chi connectivity index (χ2v) is 11.0. The number of aryl methyl sites for hydroxylation is 1. The number of hydrogen-bond acceptors (Lipinski definition) is 6. The summed E-state index contributed by atoms with van der Waals surface area (Å²) >= 11 is 1.43. The first-order valence-corrected chi connectivity index (χ1v) is 13.8. The van der Waals surface area contributed by atoms with Gasteiger partial charge in [0.25, 0.3) is 5.91 Å². The minimum absolute atomic E-state index is 0.163. The molecule has 0 unspecified atom stereocenters. The molecule has 180 valence electrons. The molecule has 0 fully saturated rings. The van der Waals surface area contributed by atoms with Gasteiger partial charge in [0.2, 0.25) is 10.0 Å². The van der Waals surface area contributed by atoms with Crippen molar-refractivity contribution in [1.82, 2.24) is 4.31 Å². The van der Waals surface area contributed by atoms with Crippen molar-refractivity contribution in [2.24, 2.45) is 0 Å². The first-order chi connectivity index (χ1) is 15.8. The second kappa shape index (κ2) is 11.3. The molecular formula is C24H32N2O5S2. The highest BCUT2D eigenvalue weighted by molar-refractivity contribution is 7.89. The lowest BCUT2D eigenvalue weighted by atomic mass is 9.95. The van der Waals surface area contributed by atoms with E-state index in [-0.39, 0.29) is 17.4 Å². The fourth-order valence-corrected chi connectivity index (χ4v) is 6.72. The van der Waals surface area contributed by atoms with Gasteiger partial charge in [-0.25, -0.2) is 13.2 Å². The van der Waals surface area contributed by atoms with E-state index in [9.17, 15) is 18.0 Å². The molecular weight excluding hydrogens is 460 g/mol. The number of carbonyl (C=O) groups excluding carboxylic acids is 2. The number of amides is 1. The molecule has 1 heterocycles. The minimum Gasteiger partial charge on any atom is -0.462 e. The van der Waals surface area contributed by atoms with Crippen LogP contribution >= 0.6 is 11.3 Å². The molecule has 0 saturated carbocycles. The highest BCUT2D eigenvalue weighted by Gasteiger charge is 2.28. The predicted molar refractivity (Wildman–Crippen MR) is 131 cm³/mol. The lowest BCUT2D eigenvalue weighted by Crippen LogP contribution is -2.31. The summed E-state index contributed by atoms with van der Waals surface area (Å²) in [7, 11) is -3.61. The van der Waals surface area contributed by atoms with Crippen molar-refractivity contribution in [2.45, 2.75) is 64.2 Å². The van der Waals surface area contributed by atoms with E-state index in [0.29, 0.717) is 29.2 Å². The van der Waals surface area contributed by atoms with Crippen molar-refractivity contribution < 1.29 is 22.7 Å². The zero-order chi connectivity index (χ0) is 24.0. The maximum Gasteiger partial charge on any atom is 0.341 e. The summed E-state index contributed by atoms with van der Waals surface area (Å²) < 4.78 is 32.5. The summed E-state index contributed by atoms with van der Waals surface area (Å²) in [5, 5.41) is 3.36. The van der Waals surface area contributed by atoms with Crippen molar-refractivity contribution in [2.75, 3.05) is 25.0 Å². The van der Waals surface area contributed by atoms with E-state index in [0.717, 1.165) is 49.0 Å². The smallest absolute Gasteiger partial charge is 0.341 e. The van der Waals surface area contributed by atoms with Crippen LogP contribution < -0.4 is 5.32 Å². The van der Waals surface area contributed by atoms with Gasteiger partial charge in [-0.05, 0) is 68.9 Å². The molecule has 0 saturated heterocycles. The molecule has 1 aromatic carbocycles. The molecule has 0 spiro atoms. The number of hydrogen-bond donors (Lipinski definition) is 1. The molecule has 9 heteroatoms. The van der Waals surface area contributed by atoms with Crippen molar-refractivity contribution in [3.05, 3.63) is 45.8 Å². The number of thiophene rings is 1. The van der Waals surface area contributed by atoms with Gasteiger partial charge in [-0.1, -0.05) is 20.3 Å². The number of rotatable bonds is 10. The fourth-order valence-electron chi connectivity index (χ4n) is 3.96. The number of ether oxygens (including phenoxy) is 1. The minimum atomic E-state index is -3.61. The number of esters is 1. The van der Waals surface area contributed by atoms with Gasteiger partial charge in [0.05, 0.1) is 17.1 Å². The third-order valence-corrected chi connectivity index (χ3v) is 8.94. The van der Waals surface area contributed by atoms with Crippen LogP contribution in [0.3, 0.4) is 0 Å². The number of unbranched alkanes of at least 4 members (excludes halogenated alkanes) is 1. The summed E-state index contributed by atoms with van der Waals surface area (Å²) in [4.78, 5) is 26.8. The Labute approximate surface area is 200 Å². The molecule has 0 atom stereocenters. The molecule has 3 rings (SSSR count). The molecule has 0 aliphatic heterocycles. The van der Waals surface area contributed by atoms with Crippen molar-refractivity contribution in [3.63, 3.8) is 0 Å². The quantitative estimate of drug-likeness (QED) is 0.478. The van der Waals surface area contributed by atoms with Crippen molar-refractivity contribution in [3.8, 4) is 0 Å². The number of carbonyl (C=O) groups is 2. The van der Waals surface area contributed by atoms with E-state index in [1.54, 1.807) is 6.92 Å². The van der Waals surface area contributed by atoms with Gasteiger partial charge in [0, 0.05) is 23.5 Å². The molecule has 1 aromatic heterocycles. The normalized spacial score (nSPS) is 13.6. The Balaban J connectivity index is 1.82. The van der Waals surface area contributed by atoms with Crippen molar-refractivity contribution >= 4 is 38.2 Å². The van der Waals surface area contributed by atoms with Gasteiger partial charge in [-0.15, -0.1) is 11.3 Å². The van der Waals surface area contributed by atoms with Crippen LogP contribution in [0.4, 0.5) is 5.00 Å². The second-order valence-electron chi connectivity index (χ2n) is 7.96. The zero-order valence-electron chi connectivity index (χ0n) is 19.5. The summed E-state index contributed by atoms with van der Waals surface area (Å²) in [5.74, 6) is -0.804. The summed E-state index contributed by atoms with van der Waals surface area (Å²) in [6, 6.07) is 5.94. The lowest BCUT2D eigenvalue weighted by Gasteiger charge is -2.20. The molecule has 1 N–H and O–H groups in total. The van der Waals surface area contributed by atoms with E-state index in [1.807, 2.05) is 13.8 Å². The Morgan fingerprint density at radius 3 is 2.42 bits per heavy atom. The van der Waals surface area contributed by atoms with E-state index in [2.05, 4.69) is 5.32 Å². The monoisotopic (exact) mass is 492 g/mol. The predicted octanol–water partition coefficient (Wildman–Crippen LogP) is 4.87. The third-order valence-electron chi connectivity index (χ3n) is 5.75. The van der Waals surface area contributed by atoms with E-state index >= 15 is 0 Å².